The zero-order chi connectivity index (χ0) is 12.5. The van der Waals surface area contributed by atoms with Gasteiger partial charge in [0.2, 0.25) is 0 Å². The van der Waals surface area contributed by atoms with Gasteiger partial charge in [0.15, 0.2) is 4.77 Å². The molecule has 1 N–H and O–H groups in total. The van der Waals surface area contributed by atoms with E-state index in [9.17, 15) is 0 Å². The lowest BCUT2D eigenvalue weighted by Crippen LogP contribution is -1.99. The Balaban J connectivity index is 2.12. The number of pyridine rings is 1. The molecule has 0 aliphatic rings. The van der Waals surface area contributed by atoms with Gasteiger partial charge in [-0.1, -0.05) is 22.0 Å². The lowest BCUT2D eigenvalue weighted by molar-refractivity contribution is 0.806. The van der Waals surface area contributed by atoms with Gasteiger partial charge < -0.3 is 9.55 Å². The Hall–Kier alpha value is -1.46. The van der Waals surface area contributed by atoms with E-state index in [0.717, 1.165) is 32.4 Å². The van der Waals surface area contributed by atoms with Gasteiger partial charge >= 0.3 is 0 Å². The Morgan fingerprint density at radius 1 is 1.33 bits per heavy atom. The molecule has 0 spiro atoms. The standard InChI is InChI=1S/C13H10BrN3S/c14-10-3-4-12-11(6-10)16-13(18)17(12)8-9-2-1-5-15-7-9/h1-7H,8H2,(H,16,18). The van der Waals surface area contributed by atoms with Crippen molar-refractivity contribution in [2.24, 2.45) is 0 Å². The molecule has 3 aromatic rings. The van der Waals surface area contributed by atoms with Crippen LogP contribution < -0.4 is 0 Å². The molecule has 0 amide bonds. The molecule has 0 saturated heterocycles. The largest absolute Gasteiger partial charge is 0.331 e. The van der Waals surface area contributed by atoms with Crippen LogP contribution in [0.2, 0.25) is 0 Å². The van der Waals surface area contributed by atoms with Crippen molar-refractivity contribution < 1.29 is 0 Å². The lowest BCUT2D eigenvalue weighted by atomic mass is 10.2. The van der Waals surface area contributed by atoms with E-state index >= 15 is 0 Å². The van der Waals surface area contributed by atoms with Crippen LogP contribution in [0, 0.1) is 4.77 Å². The van der Waals surface area contributed by atoms with Crippen molar-refractivity contribution in [3.63, 3.8) is 0 Å². The van der Waals surface area contributed by atoms with E-state index in [0.29, 0.717) is 0 Å². The normalized spacial score (nSPS) is 10.9. The Labute approximate surface area is 118 Å². The summed E-state index contributed by atoms with van der Waals surface area (Å²) in [5, 5.41) is 0. The number of nitrogens with zero attached hydrogens (tertiary/aromatic N) is 2. The maximum atomic E-state index is 5.37. The van der Waals surface area contributed by atoms with E-state index in [1.54, 1.807) is 6.20 Å². The zero-order valence-electron chi connectivity index (χ0n) is 9.43. The summed E-state index contributed by atoms with van der Waals surface area (Å²) in [7, 11) is 0. The molecule has 0 unspecified atom stereocenters. The Morgan fingerprint density at radius 2 is 2.22 bits per heavy atom. The fourth-order valence-electron chi connectivity index (χ4n) is 1.97. The van der Waals surface area contributed by atoms with Crippen LogP contribution in [0.15, 0.2) is 47.2 Å². The fraction of sp³-hybridized carbons (Fsp3) is 0.0769. The summed E-state index contributed by atoms with van der Waals surface area (Å²) < 4.78 is 3.85. The minimum atomic E-state index is 0.729. The number of hydrogen-bond donors (Lipinski definition) is 1. The smallest absolute Gasteiger partial charge is 0.178 e. The van der Waals surface area contributed by atoms with Gasteiger partial charge in [-0.3, -0.25) is 4.98 Å². The molecule has 90 valence electrons. The van der Waals surface area contributed by atoms with E-state index in [1.807, 2.05) is 30.5 Å². The summed E-state index contributed by atoms with van der Waals surface area (Å²) in [4.78, 5) is 7.34. The zero-order valence-corrected chi connectivity index (χ0v) is 11.8. The molecule has 0 bridgehead atoms. The van der Waals surface area contributed by atoms with Crippen molar-refractivity contribution in [3.8, 4) is 0 Å². The molecule has 2 heterocycles. The number of hydrogen-bond acceptors (Lipinski definition) is 2. The second kappa shape index (κ2) is 4.66. The number of aromatic amines is 1. The predicted octanol–water partition coefficient (Wildman–Crippen LogP) is 3.90. The summed E-state index contributed by atoms with van der Waals surface area (Å²) in [6, 6.07) is 10.1. The molecule has 18 heavy (non-hydrogen) atoms. The van der Waals surface area contributed by atoms with E-state index in [2.05, 4.69) is 36.5 Å². The highest BCUT2D eigenvalue weighted by atomic mass is 79.9. The van der Waals surface area contributed by atoms with E-state index in [4.69, 9.17) is 12.2 Å². The second-order valence-electron chi connectivity index (χ2n) is 4.04. The first-order valence-electron chi connectivity index (χ1n) is 5.51. The van der Waals surface area contributed by atoms with Crippen LogP contribution in [0.3, 0.4) is 0 Å². The lowest BCUT2D eigenvalue weighted by Gasteiger charge is -2.04. The van der Waals surface area contributed by atoms with E-state index in [1.165, 1.54) is 0 Å². The van der Waals surface area contributed by atoms with Crippen molar-refractivity contribution in [1.29, 1.82) is 0 Å². The van der Waals surface area contributed by atoms with Gasteiger partial charge in [-0.15, -0.1) is 0 Å². The van der Waals surface area contributed by atoms with Gasteiger partial charge in [-0.25, -0.2) is 0 Å². The van der Waals surface area contributed by atoms with Gasteiger partial charge in [-0.2, -0.15) is 0 Å². The van der Waals surface area contributed by atoms with Crippen LogP contribution in [-0.4, -0.2) is 14.5 Å². The summed E-state index contributed by atoms with van der Waals surface area (Å²) in [5.41, 5.74) is 3.28. The van der Waals surface area contributed by atoms with Gasteiger partial charge in [0.1, 0.15) is 0 Å². The minimum absolute atomic E-state index is 0.729. The van der Waals surface area contributed by atoms with Crippen molar-refractivity contribution in [3.05, 3.63) is 57.5 Å². The molecular weight excluding hydrogens is 310 g/mol. The van der Waals surface area contributed by atoms with Crippen LogP contribution in [0.4, 0.5) is 0 Å². The first-order chi connectivity index (χ1) is 8.74. The molecule has 0 aliphatic heterocycles. The van der Waals surface area contributed by atoms with Crippen LogP contribution in [-0.2, 0) is 6.54 Å². The number of fused-ring (bicyclic) bond motifs is 1. The third kappa shape index (κ3) is 2.11. The molecule has 0 fully saturated rings. The molecule has 1 aromatic carbocycles. The van der Waals surface area contributed by atoms with E-state index in [-0.39, 0.29) is 0 Å². The fourth-order valence-corrected chi connectivity index (χ4v) is 2.60. The van der Waals surface area contributed by atoms with Gasteiger partial charge in [0.25, 0.3) is 0 Å². The number of halogens is 1. The third-order valence-electron chi connectivity index (χ3n) is 2.80. The number of nitrogens with one attached hydrogen (secondary N) is 1. The highest BCUT2D eigenvalue weighted by molar-refractivity contribution is 9.10. The molecule has 0 radical (unpaired) electrons. The molecule has 5 heteroatoms. The number of H-pyrrole nitrogens is 1. The SMILES string of the molecule is S=c1[nH]c2cc(Br)ccc2n1Cc1cccnc1. The van der Waals surface area contributed by atoms with Crippen molar-refractivity contribution in [1.82, 2.24) is 14.5 Å². The molecule has 3 rings (SSSR count). The quantitative estimate of drug-likeness (QED) is 0.727. The first kappa shape index (κ1) is 11.6. The summed E-state index contributed by atoms with van der Waals surface area (Å²) in [6.45, 7) is 0.730. The van der Waals surface area contributed by atoms with Gasteiger partial charge in [0, 0.05) is 16.9 Å². The van der Waals surface area contributed by atoms with Crippen LogP contribution >= 0.6 is 28.1 Å². The molecule has 0 atom stereocenters. The Bertz CT molecular complexity index is 746. The van der Waals surface area contributed by atoms with Gasteiger partial charge in [-0.05, 0) is 42.0 Å². The third-order valence-corrected chi connectivity index (χ3v) is 3.62. The molecule has 3 nitrogen and oxygen atoms in total. The summed E-state index contributed by atoms with van der Waals surface area (Å²) >= 11 is 8.83. The van der Waals surface area contributed by atoms with Crippen LogP contribution in [0.5, 0.6) is 0 Å². The Morgan fingerprint density at radius 3 is 3.00 bits per heavy atom. The number of imidazole rings is 1. The maximum Gasteiger partial charge on any atom is 0.178 e. The van der Waals surface area contributed by atoms with Crippen molar-refractivity contribution >= 4 is 39.2 Å². The monoisotopic (exact) mass is 319 g/mol. The minimum Gasteiger partial charge on any atom is -0.331 e. The molecule has 2 aromatic heterocycles. The first-order valence-corrected chi connectivity index (χ1v) is 6.71. The van der Waals surface area contributed by atoms with Crippen LogP contribution in [0.1, 0.15) is 5.56 Å². The maximum absolute atomic E-state index is 5.37. The number of benzene rings is 1. The highest BCUT2D eigenvalue weighted by Gasteiger charge is 2.05. The number of aromatic nitrogens is 3. The highest BCUT2D eigenvalue weighted by Crippen LogP contribution is 2.20. The second-order valence-corrected chi connectivity index (χ2v) is 5.34. The molecular formula is C13H10BrN3S. The van der Waals surface area contributed by atoms with Crippen LogP contribution in [0.25, 0.3) is 11.0 Å². The van der Waals surface area contributed by atoms with Gasteiger partial charge in [0.05, 0.1) is 17.6 Å². The summed E-state index contributed by atoms with van der Waals surface area (Å²) in [5.74, 6) is 0. The Kier molecular flexibility index (Phi) is 3.01. The summed E-state index contributed by atoms with van der Waals surface area (Å²) in [6.07, 6.45) is 3.63. The average molecular weight is 320 g/mol. The molecule has 0 aliphatic carbocycles. The van der Waals surface area contributed by atoms with Crippen molar-refractivity contribution in [2.75, 3.05) is 0 Å². The average Bonchev–Trinajstić information content (AvgIpc) is 2.66. The number of rotatable bonds is 2. The predicted molar refractivity (Wildman–Crippen MR) is 78.2 cm³/mol. The molecule has 0 saturated carbocycles. The topological polar surface area (TPSA) is 33.6 Å². The van der Waals surface area contributed by atoms with E-state index < -0.39 is 0 Å². The van der Waals surface area contributed by atoms with Crippen molar-refractivity contribution in [2.45, 2.75) is 6.54 Å².